The molecule has 0 aromatic heterocycles. The van der Waals surface area contributed by atoms with Gasteiger partial charge in [0, 0.05) is 17.0 Å². The topological polar surface area (TPSA) is 18.5 Å². The molecule has 1 heterocycles. The fourth-order valence-electron chi connectivity index (χ4n) is 4.33. The third kappa shape index (κ3) is 4.70. The quantitative estimate of drug-likeness (QED) is 0.425. The Morgan fingerprint density at radius 3 is 2.67 bits per heavy atom. The van der Waals surface area contributed by atoms with Crippen LogP contribution < -0.4 is 0 Å². The van der Waals surface area contributed by atoms with Gasteiger partial charge < -0.3 is 9.47 Å². The second kappa shape index (κ2) is 9.06. The molecule has 1 aliphatic carbocycles. The number of ether oxygens (including phenoxy) is 2. The van der Waals surface area contributed by atoms with Crippen molar-refractivity contribution in [2.75, 3.05) is 6.61 Å². The third-order valence-electron chi connectivity index (χ3n) is 6.16. The molecule has 0 saturated carbocycles. The zero-order valence-corrected chi connectivity index (χ0v) is 20.2. The Hall–Kier alpha value is -1.93. The van der Waals surface area contributed by atoms with Crippen molar-refractivity contribution in [1.82, 2.24) is 0 Å². The SMILES string of the molecule is CCOC1=C2C(=C/C(=C(\C)C(C)CCC=C(C)C)C1)OC(C)(C)c1ccc(Cl)cc12. The first kappa shape index (κ1) is 22.7. The highest BCUT2D eigenvalue weighted by atomic mass is 35.5. The molecule has 0 N–H and O–H groups in total. The average molecular weight is 427 g/mol. The lowest BCUT2D eigenvalue weighted by atomic mass is 9.80. The van der Waals surface area contributed by atoms with Crippen molar-refractivity contribution in [2.24, 2.45) is 5.92 Å². The van der Waals surface area contributed by atoms with E-state index in [4.69, 9.17) is 21.1 Å². The molecular weight excluding hydrogens is 392 g/mol. The minimum atomic E-state index is -0.419. The number of hydrogen-bond acceptors (Lipinski definition) is 2. The number of allylic oxidation sites excluding steroid dienone is 6. The normalized spacial score (nSPS) is 19.8. The van der Waals surface area contributed by atoms with Gasteiger partial charge in [-0.15, -0.1) is 0 Å². The van der Waals surface area contributed by atoms with E-state index in [9.17, 15) is 0 Å². The van der Waals surface area contributed by atoms with Crippen molar-refractivity contribution < 1.29 is 9.47 Å². The molecule has 2 nitrogen and oxygen atoms in total. The number of hydrogen-bond donors (Lipinski definition) is 0. The van der Waals surface area contributed by atoms with Crippen LogP contribution in [0.5, 0.6) is 0 Å². The fourth-order valence-corrected chi connectivity index (χ4v) is 4.50. The van der Waals surface area contributed by atoms with Crippen molar-refractivity contribution in [2.45, 2.75) is 73.3 Å². The highest BCUT2D eigenvalue weighted by Gasteiger charge is 2.38. The average Bonchev–Trinajstić information content (AvgIpc) is 2.66. The third-order valence-corrected chi connectivity index (χ3v) is 6.40. The lowest BCUT2D eigenvalue weighted by Gasteiger charge is -2.39. The fraction of sp³-hybridized carbons (Fsp3) is 0.481. The maximum absolute atomic E-state index is 6.53. The highest BCUT2D eigenvalue weighted by molar-refractivity contribution is 6.30. The first-order valence-corrected chi connectivity index (χ1v) is 11.4. The first-order valence-electron chi connectivity index (χ1n) is 11.0. The molecule has 2 aliphatic rings. The number of halogens is 1. The van der Waals surface area contributed by atoms with Crippen LogP contribution in [0.25, 0.3) is 5.57 Å². The summed E-state index contributed by atoms with van der Waals surface area (Å²) in [5.41, 5.74) is 7.02. The molecule has 0 amide bonds. The molecular formula is C27H35ClO2. The van der Waals surface area contributed by atoms with Gasteiger partial charge in [-0.1, -0.05) is 41.8 Å². The van der Waals surface area contributed by atoms with E-state index in [0.29, 0.717) is 12.5 Å². The molecule has 0 saturated heterocycles. The van der Waals surface area contributed by atoms with E-state index >= 15 is 0 Å². The van der Waals surface area contributed by atoms with Gasteiger partial charge in [0.25, 0.3) is 0 Å². The predicted octanol–water partition coefficient (Wildman–Crippen LogP) is 8.34. The van der Waals surface area contributed by atoms with Gasteiger partial charge in [0.15, 0.2) is 0 Å². The van der Waals surface area contributed by atoms with Crippen LogP contribution in [0.3, 0.4) is 0 Å². The van der Waals surface area contributed by atoms with E-state index in [2.05, 4.69) is 59.8 Å². The summed E-state index contributed by atoms with van der Waals surface area (Å²) >= 11 is 6.38. The van der Waals surface area contributed by atoms with Crippen LogP contribution in [-0.4, -0.2) is 6.61 Å². The van der Waals surface area contributed by atoms with E-state index in [-0.39, 0.29) is 0 Å². The molecule has 1 atom stereocenters. The first-order chi connectivity index (χ1) is 14.1. The second-order valence-corrected chi connectivity index (χ2v) is 9.62. The summed E-state index contributed by atoms with van der Waals surface area (Å²) in [5, 5.41) is 0.736. The molecule has 0 radical (unpaired) electrons. The minimum Gasteiger partial charge on any atom is -0.497 e. The van der Waals surface area contributed by atoms with E-state index < -0.39 is 5.60 Å². The smallest absolute Gasteiger partial charge is 0.132 e. The summed E-state index contributed by atoms with van der Waals surface area (Å²) in [6.07, 6.45) is 7.61. The summed E-state index contributed by atoms with van der Waals surface area (Å²) in [7, 11) is 0. The molecule has 3 heteroatoms. The lowest BCUT2D eigenvalue weighted by Crippen LogP contribution is -2.29. The Bertz CT molecular complexity index is 940. The van der Waals surface area contributed by atoms with Crippen molar-refractivity contribution in [1.29, 1.82) is 0 Å². The van der Waals surface area contributed by atoms with Crippen LogP contribution in [0.2, 0.25) is 5.02 Å². The van der Waals surface area contributed by atoms with E-state index in [0.717, 1.165) is 52.5 Å². The predicted molar refractivity (Wildman–Crippen MR) is 127 cm³/mol. The summed E-state index contributed by atoms with van der Waals surface area (Å²) in [4.78, 5) is 0. The van der Waals surface area contributed by atoms with Gasteiger partial charge in [-0.2, -0.15) is 0 Å². The molecule has 1 aliphatic heterocycles. The van der Waals surface area contributed by atoms with Crippen LogP contribution in [0.15, 0.2) is 58.6 Å². The van der Waals surface area contributed by atoms with Gasteiger partial charge >= 0.3 is 0 Å². The highest BCUT2D eigenvalue weighted by Crippen LogP contribution is 2.49. The summed E-state index contributed by atoms with van der Waals surface area (Å²) in [5.74, 6) is 2.39. The van der Waals surface area contributed by atoms with Gasteiger partial charge in [-0.3, -0.25) is 0 Å². The van der Waals surface area contributed by atoms with Crippen molar-refractivity contribution in [3.63, 3.8) is 0 Å². The molecule has 0 fully saturated rings. The second-order valence-electron chi connectivity index (χ2n) is 9.19. The Kier molecular flexibility index (Phi) is 6.87. The maximum Gasteiger partial charge on any atom is 0.132 e. The van der Waals surface area contributed by atoms with Gasteiger partial charge in [-0.05, 0) is 89.6 Å². The standard InChI is InChI=1S/C27H35ClO2/c1-8-29-24-14-20(19(5)18(4)11-9-10-17(2)3)15-25-26(24)22-16-21(28)12-13-23(22)27(6,7)30-25/h10,12-13,15-16,18H,8-9,11,14H2,1-7H3/b20-19+. The summed E-state index contributed by atoms with van der Waals surface area (Å²) in [6.45, 7) is 15.8. The Balaban J connectivity index is 2.05. The molecule has 3 rings (SSSR count). The number of fused-ring (bicyclic) bond motifs is 3. The van der Waals surface area contributed by atoms with Crippen LogP contribution in [0.1, 0.15) is 78.9 Å². The number of benzene rings is 1. The van der Waals surface area contributed by atoms with Crippen molar-refractivity contribution in [3.05, 3.63) is 74.7 Å². The molecule has 162 valence electrons. The molecule has 0 spiro atoms. The Labute approximate surface area is 187 Å². The molecule has 1 unspecified atom stereocenters. The van der Waals surface area contributed by atoms with Gasteiger partial charge in [0.05, 0.1) is 12.2 Å². The van der Waals surface area contributed by atoms with Crippen LogP contribution >= 0.6 is 11.6 Å². The zero-order chi connectivity index (χ0) is 22.1. The minimum absolute atomic E-state index is 0.419. The van der Waals surface area contributed by atoms with E-state index in [1.165, 1.54) is 16.7 Å². The zero-order valence-electron chi connectivity index (χ0n) is 19.5. The van der Waals surface area contributed by atoms with Gasteiger partial charge in [0.2, 0.25) is 0 Å². The van der Waals surface area contributed by atoms with E-state index in [1.54, 1.807) is 0 Å². The van der Waals surface area contributed by atoms with Crippen molar-refractivity contribution in [3.8, 4) is 0 Å². The molecule has 30 heavy (non-hydrogen) atoms. The van der Waals surface area contributed by atoms with E-state index in [1.807, 2.05) is 19.1 Å². The molecule has 0 bridgehead atoms. The van der Waals surface area contributed by atoms with Crippen LogP contribution in [0.4, 0.5) is 0 Å². The molecule has 1 aromatic rings. The monoisotopic (exact) mass is 426 g/mol. The maximum atomic E-state index is 6.53. The van der Waals surface area contributed by atoms with Gasteiger partial charge in [-0.25, -0.2) is 0 Å². The van der Waals surface area contributed by atoms with Crippen LogP contribution in [-0.2, 0) is 15.1 Å². The lowest BCUT2D eigenvalue weighted by molar-refractivity contribution is 0.0337. The van der Waals surface area contributed by atoms with Crippen molar-refractivity contribution >= 4 is 17.2 Å². The Morgan fingerprint density at radius 1 is 1.27 bits per heavy atom. The van der Waals surface area contributed by atoms with Crippen LogP contribution in [0, 0.1) is 5.92 Å². The molecule has 1 aromatic carbocycles. The largest absolute Gasteiger partial charge is 0.497 e. The number of rotatable bonds is 6. The van der Waals surface area contributed by atoms with Gasteiger partial charge in [0.1, 0.15) is 17.1 Å². The summed E-state index contributed by atoms with van der Waals surface area (Å²) < 4.78 is 12.7. The summed E-state index contributed by atoms with van der Waals surface area (Å²) in [6, 6.07) is 6.06. The Morgan fingerprint density at radius 2 is 2.00 bits per heavy atom.